The number of hydrogen-bond acceptors (Lipinski definition) is 2. The van der Waals surface area contributed by atoms with E-state index in [1.807, 2.05) is 0 Å². The van der Waals surface area contributed by atoms with Gasteiger partial charge in [-0.2, -0.15) is 0 Å². The van der Waals surface area contributed by atoms with E-state index in [9.17, 15) is 9.90 Å². The highest BCUT2D eigenvalue weighted by atomic mass is 16.4. The number of carbonyl (C=O) groups is 1. The van der Waals surface area contributed by atoms with Crippen LogP contribution in [-0.4, -0.2) is 22.3 Å². The van der Waals surface area contributed by atoms with Gasteiger partial charge in [0.2, 0.25) is 0 Å². The van der Waals surface area contributed by atoms with Crippen molar-refractivity contribution in [1.82, 2.24) is 0 Å². The van der Waals surface area contributed by atoms with Crippen LogP contribution >= 0.6 is 0 Å². The summed E-state index contributed by atoms with van der Waals surface area (Å²) in [6, 6.07) is 0. The summed E-state index contributed by atoms with van der Waals surface area (Å²) in [6.45, 7) is 0. The molecule has 0 heterocycles. The van der Waals surface area contributed by atoms with E-state index in [-0.39, 0.29) is 5.41 Å². The van der Waals surface area contributed by atoms with Crippen LogP contribution in [0.2, 0.25) is 0 Å². The molecule has 0 spiro atoms. The van der Waals surface area contributed by atoms with Gasteiger partial charge in [0.15, 0.2) is 6.10 Å². The Kier molecular flexibility index (Phi) is 2.52. The maximum atomic E-state index is 10.7. The van der Waals surface area contributed by atoms with Gasteiger partial charge in [-0.1, -0.05) is 25.7 Å². The third-order valence-corrected chi connectivity index (χ3v) is 3.88. The Labute approximate surface area is 84.1 Å². The molecular formula is C11H18O3. The van der Waals surface area contributed by atoms with Crippen LogP contribution < -0.4 is 0 Å². The van der Waals surface area contributed by atoms with Crippen molar-refractivity contribution in [2.45, 2.75) is 51.0 Å². The molecule has 0 aliphatic heterocycles. The monoisotopic (exact) mass is 198 g/mol. The van der Waals surface area contributed by atoms with Gasteiger partial charge in [0.05, 0.1) is 0 Å². The summed E-state index contributed by atoms with van der Waals surface area (Å²) in [4.78, 5) is 10.7. The second-order valence-electron chi connectivity index (χ2n) is 4.96. The lowest BCUT2D eigenvalue weighted by molar-refractivity contribution is -0.151. The molecule has 3 heteroatoms. The number of carboxylic acids is 1. The molecule has 0 amide bonds. The molecule has 1 atom stereocenters. The SMILES string of the molecule is O=C(O)C(O)C1(CC2CCCC2)CC1. The highest BCUT2D eigenvalue weighted by Gasteiger charge is 2.52. The Morgan fingerprint density at radius 2 is 1.93 bits per heavy atom. The van der Waals surface area contributed by atoms with Crippen molar-refractivity contribution in [3.8, 4) is 0 Å². The van der Waals surface area contributed by atoms with Gasteiger partial charge in [-0.25, -0.2) is 4.79 Å². The Morgan fingerprint density at radius 1 is 1.36 bits per heavy atom. The Hall–Kier alpha value is -0.570. The van der Waals surface area contributed by atoms with Crippen molar-refractivity contribution in [2.75, 3.05) is 0 Å². The standard InChI is InChI=1S/C11H18O3/c12-9(10(13)14)11(5-6-11)7-8-3-1-2-4-8/h8-9,12H,1-7H2,(H,13,14). The maximum Gasteiger partial charge on any atom is 0.333 e. The van der Waals surface area contributed by atoms with Crippen molar-refractivity contribution in [1.29, 1.82) is 0 Å². The van der Waals surface area contributed by atoms with Crippen LogP contribution in [0.5, 0.6) is 0 Å². The molecule has 14 heavy (non-hydrogen) atoms. The molecule has 0 radical (unpaired) electrons. The minimum Gasteiger partial charge on any atom is -0.479 e. The van der Waals surface area contributed by atoms with Crippen LogP contribution in [0.1, 0.15) is 44.9 Å². The molecule has 2 fully saturated rings. The molecule has 0 aromatic carbocycles. The zero-order valence-corrected chi connectivity index (χ0v) is 8.41. The van der Waals surface area contributed by atoms with Crippen LogP contribution in [0, 0.1) is 11.3 Å². The molecule has 80 valence electrons. The Morgan fingerprint density at radius 3 is 2.36 bits per heavy atom. The van der Waals surface area contributed by atoms with Gasteiger partial charge in [-0.05, 0) is 25.2 Å². The number of aliphatic hydroxyl groups is 1. The minimum atomic E-state index is -1.12. The first kappa shape index (κ1) is 9.97. The molecule has 2 rings (SSSR count). The van der Waals surface area contributed by atoms with E-state index in [1.165, 1.54) is 25.7 Å². The molecule has 0 bridgehead atoms. The van der Waals surface area contributed by atoms with E-state index in [0.29, 0.717) is 5.92 Å². The fraction of sp³-hybridized carbons (Fsp3) is 0.909. The minimum absolute atomic E-state index is 0.249. The van der Waals surface area contributed by atoms with Crippen LogP contribution in [-0.2, 0) is 4.79 Å². The fourth-order valence-electron chi connectivity index (χ4n) is 2.80. The summed E-state index contributed by atoms with van der Waals surface area (Å²) in [5.74, 6) is -0.369. The summed E-state index contributed by atoms with van der Waals surface area (Å²) < 4.78 is 0. The second kappa shape index (κ2) is 3.54. The molecule has 2 aliphatic carbocycles. The Bertz CT molecular complexity index is 227. The molecule has 2 N–H and O–H groups in total. The summed E-state index contributed by atoms with van der Waals surface area (Å²) in [5.41, 5.74) is -0.249. The molecule has 2 aliphatic rings. The molecule has 2 saturated carbocycles. The maximum absolute atomic E-state index is 10.7. The van der Waals surface area contributed by atoms with E-state index in [1.54, 1.807) is 0 Å². The van der Waals surface area contributed by atoms with Gasteiger partial charge in [-0.15, -0.1) is 0 Å². The fourth-order valence-corrected chi connectivity index (χ4v) is 2.80. The molecule has 0 saturated heterocycles. The van der Waals surface area contributed by atoms with Gasteiger partial charge >= 0.3 is 5.97 Å². The number of hydrogen-bond donors (Lipinski definition) is 2. The van der Waals surface area contributed by atoms with E-state index < -0.39 is 12.1 Å². The third kappa shape index (κ3) is 1.78. The second-order valence-corrected chi connectivity index (χ2v) is 4.96. The summed E-state index contributed by atoms with van der Waals surface area (Å²) >= 11 is 0. The van der Waals surface area contributed by atoms with E-state index in [0.717, 1.165) is 19.3 Å². The van der Waals surface area contributed by atoms with Gasteiger partial charge in [0.1, 0.15) is 0 Å². The average Bonchev–Trinajstić information content (AvgIpc) is 2.73. The van der Waals surface area contributed by atoms with E-state index >= 15 is 0 Å². The van der Waals surface area contributed by atoms with Crippen molar-refractivity contribution in [3.63, 3.8) is 0 Å². The van der Waals surface area contributed by atoms with Crippen LogP contribution in [0.3, 0.4) is 0 Å². The lowest BCUT2D eigenvalue weighted by Crippen LogP contribution is -2.32. The predicted octanol–water partition coefficient (Wildman–Crippen LogP) is 1.79. The van der Waals surface area contributed by atoms with Crippen molar-refractivity contribution in [2.24, 2.45) is 11.3 Å². The molecule has 0 aromatic heterocycles. The predicted molar refractivity (Wildman–Crippen MR) is 51.9 cm³/mol. The highest BCUT2D eigenvalue weighted by molar-refractivity contribution is 5.73. The zero-order valence-electron chi connectivity index (χ0n) is 8.41. The van der Waals surface area contributed by atoms with Crippen molar-refractivity contribution < 1.29 is 15.0 Å². The van der Waals surface area contributed by atoms with Crippen LogP contribution in [0.15, 0.2) is 0 Å². The van der Waals surface area contributed by atoms with Crippen molar-refractivity contribution >= 4 is 5.97 Å². The van der Waals surface area contributed by atoms with Crippen molar-refractivity contribution in [3.05, 3.63) is 0 Å². The molecule has 0 aromatic rings. The highest BCUT2D eigenvalue weighted by Crippen LogP contribution is 2.55. The smallest absolute Gasteiger partial charge is 0.333 e. The van der Waals surface area contributed by atoms with E-state index in [2.05, 4.69) is 0 Å². The average molecular weight is 198 g/mol. The number of aliphatic hydroxyl groups excluding tert-OH is 1. The summed E-state index contributed by atoms with van der Waals surface area (Å²) in [7, 11) is 0. The van der Waals surface area contributed by atoms with Gasteiger partial charge < -0.3 is 10.2 Å². The van der Waals surface area contributed by atoms with E-state index in [4.69, 9.17) is 5.11 Å². The first-order valence-electron chi connectivity index (χ1n) is 5.55. The first-order chi connectivity index (χ1) is 6.64. The van der Waals surface area contributed by atoms with Crippen LogP contribution in [0.25, 0.3) is 0 Å². The first-order valence-corrected chi connectivity index (χ1v) is 5.55. The van der Waals surface area contributed by atoms with Gasteiger partial charge in [0.25, 0.3) is 0 Å². The Balaban J connectivity index is 1.92. The third-order valence-electron chi connectivity index (χ3n) is 3.88. The largest absolute Gasteiger partial charge is 0.479 e. The van der Waals surface area contributed by atoms with Gasteiger partial charge in [0, 0.05) is 5.41 Å². The summed E-state index contributed by atoms with van der Waals surface area (Å²) in [6.07, 6.45) is 6.63. The quantitative estimate of drug-likeness (QED) is 0.724. The normalized spacial score (nSPS) is 27.5. The number of rotatable bonds is 4. The zero-order chi connectivity index (χ0) is 10.2. The lowest BCUT2D eigenvalue weighted by atomic mass is 9.86. The number of aliphatic carboxylic acids is 1. The molecule has 3 nitrogen and oxygen atoms in total. The number of carboxylic acid groups (broad SMARTS) is 1. The van der Waals surface area contributed by atoms with Gasteiger partial charge in [-0.3, -0.25) is 0 Å². The molecule has 1 unspecified atom stereocenters. The lowest BCUT2D eigenvalue weighted by Gasteiger charge is -2.22. The topological polar surface area (TPSA) is 57.5 Å². The van der Waals surface area contributed by atoms with Crippen LogP contribution in [0.4, 0.5) is 0 Å². The summed E-state index contributed by atoms with van der Waals surface area (Å²) in [5, 5.41) is 18.4. The molecular weight excluding hydrogens is 180 g/mol.